The zero-order valence-corrected chi connectivity index (χ0v) is 17.4. The van der Waals surface area contributed by atoms with Gasteiger partial charge in [-0.3, -0.25) is 9.59 Å². The first-order valence-corrected chi connectivity index (χ1v) is 10.0. The van der Waals surface area contributed by atoms with E-state index in [0.717, 1.165) is 23.2 Å². The fourth-order valence-corrected chi connectivity index (χ4v) is 3.22. The van der Waals surface area contributed by atoms with Crippen molar-refractivity contribution in [1.82, 2.24) is 5.32 Å². The second-order valence-electron chi connectivity index (χ2n) is 7.26. The van der Waals surface area contributed by atoms with Crippen LogP contribution in [0, 0.1) is 13.8 Å². The van der Waals surface area contributed by atoms with Gasteiger partial charge in [0.15, 0.2) is 0 Å². The maximum Gasteiger partial charge on any atom is 0.253 e. The molecule has 3 N–H and O–H groups in total. The third kappa shape index (κ3) is 5.95. The summed E-state index contributed by atoms with van der Waals surface area (Å²) < 4.78 is 0. The average Bonchev–Trinajstić information content (AvgIpc) is 2.75. The SMILES string of the molecule is Cc1ccc(NC(=O)CNc2ccccc2C(=O)NCCc2ccccc2)c(C)c1. The zero-order chi connectivity index (χ0) is 21.3. The summed E-state index contributed by atoms with van der Waals surface area (Å²) in [4.78, 5) is 25.0. The van der Waals surface area contributed by atoms with Crippen LogP contribution in [-0.2, 0) is 11.2 Å². The van der Waals surface area contributed by atoms with Gasteiger partial charge in [-0.15, -0.1) is 0 Å². The summed E-state index contributed by atoms with van der Waals surface area (Å²) >= 11 is 0. The molecule has 0 aliphatic rings. The number of nitrogens with one attached hydrogen (secondary N) is 3. The number of hydrogen-bond acceptors (Lipinski definition) is 3. The molecular formula is C25H27N3O2. The Morgan fingerprint density at radius 3 is 2.33 bits per heavy atom. The van der Waals surface area contributed by atoms with Gasteiger partial charge >= 0.3 is 0 Å². The third-order valence-electron chi connectivity index (χ3n) is 4.81. The van der Waals surface area contributed by atoms with E-state index in [1.165, 1.54) is 5.56 Å². The van der Waals surface area contributed by atoms with Crippen LogP contribution in [0.1, 0.15) is 27.0 Å². The lowest BCUT2D eigenvalue weighted by atomic mass is 10.1. The molecule has 3 aromatic rings. The topological polar surface area (TPSA) is 70.2 Å². The molecule has 0 heterocycles. The maximum absolute atomic E-state index is 12.6. The molecule has 0 radical (unpaired) electrons. The van der Waals surface area contributed by atoms with Crippen molar-refractivity contribution in [1.29, 1.82) is 0 Å². The highest BCUT2D eigenvalue weighted by Gasteiger charge is 2.12. The number of carbonyl (C=O) groups is 2. The van der Waals surface area contributed by atoms with E-state index in [2.05, 4.69) is 16.0 Å². The highest BCUT2D eigenvalue weighted by atomic mass is 16.2. The first-order chi connectivity index (χ1) is 14.5. The first kappa shape index (κ1) is 21.1. The van der Waals surface area contributed by atoms with Gasteiger partial charge in [0.1, 0.15) is 0 Å². The highest BCUT2D eigenvalue weighted by molar-refractivity contribution is 6.01. The minimum atomic E-state index is -0.166. The quantitative estimate of drug-likeness (QED) is 0.526. The number of benzene rings is 3. The van der Waals surface area contributed by atoms with Gasteiger partial charge in [-0.1, -0.05) is 60.2 Å². The van der Waals surface area contributed by atoms with Crippen LogP contribution in [0.4, 0.5) is 11.4 Å². The molecule has 0 saturated carbocycles. The standard InChI is InChI=1S/C25H27N3O2/c1-18-12-13-22(19(2)16-18)28-24(29)17-27-23-11-7-6-10-21(23)25(30)26-15-14-20-8-4-3-5-9-20/h3-13,16,27H,14-15,17H2,1-2H3,(H,26,30)(H,28,29). The molecule has 3 rings (SSSR count). The minimum absolute atomic E-state index is 0.0711. The van der Waals surface area contributed by atoms with Crippen LogP contribution in [0.25, 0.3) is 0 Å². The minimum Gasteiger partial charge on any atom is -0.376 e. The number of anilines is 2. The molecule has 0 atom stereocenters. The molecule has 154 valence electrons. The summed E-state index contributed by atoms with van der Waals surface area (Å²) in [5, 5.41) is 8.94. The summed E-state index contributed by atoms with van der Waals surface area (Å²) in [6, 6.07) is 23.1. The number of amides is 2. The molecule has 2 amide bonds. The van der Waals surface area contributed by atoms with Crippen LogP contribution in [0.5, 0.6) is 0 Å². The fourth-order valence-electron chi connectivity index (χ4n) is 3.22. The largest absolute Gasteiger partial charge is 0.376 e. The lowest BCUT2D eigenvalue weighted by molar-refractivity contribution is -0.114. The summed E-state index contributed by atoms with van der Waals surface area (Å²) in [5.41, 5.74) is 5.28. The van der Waals surface area contributed by atoms with Crippen molar-refractivity contribution in [2.75, 3.05) is 23.7 Å². The van der Waals surface area contributed by atoms with Crippen molar-refractivity contribution in [2.24, 2.45) is 0 Å². The molecule has 0 unspecified atom stereocenters. The molecular weight excluding hydrogens is 374 g/mol. The van der Waals surface area contributed by atoms with E-state index >= 15 is 0 Å². The van der Waals surface area contributed by atoms with Crippen molar-refractivity contribution in [3.05, 3.63) is 95.1 Å². The van der Waals surface area contributed by atoms with E-state index in [9.17, 15) is 9.59 Å². The Morgan fingerprint density at radius 1 is 0.833 bits per heavy atom. The van der Waals surface area contributed by atoms with E-state index in [1.807, 2.05) is 74.5 Å². The summed E-state index contributed by atoms with van der Waals surface area (Å²) in [5.74, 6) is -0.329. The van der Waals surface area contributed by atoms with E-state index in [1.54, 1.807) is 12.1 Å². The second-order valence-corrected chi connectivity index (χ2v) is 7.26. The maximum atomic E-state index is 12.6. The molecule has 0 aliphatic carbocycles. The Hall–Kier alpha value is -3.60. The van der Waals surface area contributed by atoms with Crippen LogP contribution >= 0.6 is 0 Å². The molecule has 30 heavy (non-hydrogen) atoms. The van der Waals surface area contributed by atoms with E-state index in [0.29, 0.717) is 17.8 Å². The molecule has 3 aromatic carbocycles. The first-order valence-electron chi connectivity index (χ1n) is 10.0. The van der Waals surface area contributed by atoms with Gasteiger partial charge in [-0.05, 0) is 49.6 Å². The van der Waals surface area contributed by atoms with Crippen molar-refractivity contribution in [3.63, 3.8) is 0 Å². The van der Waals surface area contributed by atoms with Crippen LogP contribution in [-0.4, -0.2) is 24.9 Å². The molecule has 0 bridgehead atoms. The van der Waals surface area contributed by atoms with Crippen LogP contribution in [0.15, 0.2) is 72.8 Å². The van der Waals surface area contributed by atoms with Gasteiger partial charge < -0.3 is 16.0 Å². The predicted molar refractivity (Wildman–Crippen MR) is 122 cm³/mol. The van der Waals surface area contributed by atoms with Gasteiger partial charge in [0.25, 0.3) is 5.91 Å². The van der Waals surface area contributed by atoms with E-state index in [-0.39, 0.29) is 18.4 Å². The Kier molecular flexibility index (Phi) is 7.22. The third-order valence-corrected chi connectivity index (χ3v) is 4.81. The van der Waals surface area contributed by atoms with Gasteiger partial charge in [-0.2, -0.15) is 0 Å². The summed E-state index contributed by atoms with van der Waals surface area (Å²) in [7, 11) is 0. The Bertz CT molecular complexity index is 1020. The monoisotopic (exact) mass is 401 g/mol. The van der Waals surface area contributed by atoms with Crippen LogP contribution in [0.3, 0.4) is 0 Å². The van der Waals surface area contributed by atoms with Crippen LogP contribution < -0.4 is 16.0 Å². The Labute approximate surface area is 177 Å². The fraction of sp³-hybridized carbons (Fsp3) is 0.200. The van der Waals surface area contributed by atoms with Gasteiger partial charge in [0.2, 0.25) is 5.91 Å². The van der Waals surface area contributed by atoms with Crippen molar-refractivity contribution < 1.29 is 9.59 Å². The summed E-state index contributed by atoms with van der Waals surface area (Å²) in [6.45, 7) is 4.60. The molecule has 0 fully saturated rings. The van der Waals surface area contributed by atoms with Crippen molar-refractivity contribution in [3.8, 4) is 0 Å². The molecule has 0 saturated heterocycles. The molecule has 5 nitrogen and oxygen atoms in total. The smallest absolute Gasteiger partial charge is 0.253 e. The summed E-state index contributed by atoms with van der Waals surface area (Å²) in [6.07, 6.45) is 0.764. The zero-order valence-electron chi connectivity index (χ0n) is 17.4. The Balaban J connectivity index is 1.55. The molecule has 0 spiro atoms. The van der Waals surface area contributed by atoms with Gasteiger partial charge in [0.05, 0.1) is 12.1 Å². The van der Waals surface area contributed by atoms with Crippen molar-refractivity contribution >= 4 is 23.2 Å². The number of aryl methyl sites for hydroxylation is 2. The number of carbonyl (C=O) groups excluding carboxylic acids is 2. The lowest BCUT2D eigenvalue weighted by Crippen LogP contribution is -2.28. The predicted octanol–water partition coefficient (Wildman–Crippen LogP) is 4.33. The van der Waals surface area contributed by atoms with Crippen molar-refractivity contribution in [2.45, 2.75) is 20.3 Å². The number of para-hydroxylation sites is 1. The van der Waals surface area contributed by atoms with Gasteiger partial charge in [0, 0.05) is 17.9 Å². The normalized spacial score (nSPS) is 10.3. The molecule has 0 aliphatic heterocycles. The second kappa shape index (κ2) is 10.3. The average molecular weight is 402 g/mol. The lowest BCUT2D eigenvalue weighted by Gasteiger charge is -2.13. The molecule has 5 heteroatoms. The number of rotatable bonds is 8. The van der Waals surface area contributed by atoms with Gasteiger partial charge in [-0.25, -0.2) is 0 Å². The van der Waals surface area contributed by atoms with E-state index < -0.39 is 0 Å². The molecule has 0 aromatic heterocycles. The van der Waals surface area contributed by atoms with E-state index in [4.69, 9.17) is 0 Å². The Morgan fingerprint density at radius 2 is 1.57 bits per heavy atom. The number of hydrogen-bond donors (Lipinski definition) is 3. The van der Waals surface area contributed by atoms with Crippen LogP contribution in [0.2, 0.25) is 0 Å². The highest BCUT2D eigenvalue weighted by Crippen LogP contribution is 2.17.